The first-order valence-electron chi connectivity index (χ1n) is 9.41. The summed E-state index contributed by atoms with van der Waals surface area (Å²) in [4.78, 5) is 0. The Balaban J connectivity index is 2.01. The van der Waals surface area contributed by atoms with Crippen LogP contribution < -0.4 is 0 Å². The summed E-state index contributed by atoms with van der Waals surface area (Å²) in [6.45, 7) is 11.9. The average molecular weight is 309 g/mol. The lowest BCUT2D eigenvalue weighted by molar-refractivity contribution is -0.217. The van der Waals surface area contributed by atoms with E-state index >= 15 is 0 Å². The van der Waals surface area contributed by atoms with Gasteiger partial charge in [0.2, 0.25) is 0 Å². The molecule has 22 heavy (non-hydrogen) atoms. The molecular weight excluding hydrogens is 272 g/mol. The lowest BCUT2D eigenvalue weighted by Gasteiger charge is -2.67. The first-order valence-corrected chi connectivity index (χ1v) is 9.41. The predicted octanol–water partition coefficient (Wildman–Crippen LogP) is 4.39. The van der Waals surface area contributed by atoms with Gasteiger partial charge < -0.3 is 10.2 Å². The van der Waals surface area contributed by atoms with E-state index in [1.807, 2.05) is 6.92 Å². The van der Waals surface area contributed by atoms with Crippen molar-refractivity contribution in [2.45, 2.75) is 85.2 Å². The molecule has 128 valence electrons. The number of aliphatic hydroxyl groups is 2. The molecule has 3 aliphatic carbocycles. The van der Waals surface area contributed by atoms with Crippen molar-refractivity contribution in [3.05, 3.63) is 0 Å². The van der Waals surface area contributed by atoms with Gasteiger partial charge in [-0.05, 0) is 73.5 Å². The third kappa shape index (κ3) is 2.13. The summed E-state index contributed by atoms with van der Waals surface area (Å²) in [5.41, 5.74) is 0.226. The van der Waals surface area contributed by atoms with Gasteiger partial charge in [-0.2, -0.15) is 0 Å². The number of rotatable bonds is 1. The van der Waals surface area contributed by atoms with Crippen LogP contribution >= 0.6 is 0 Å². The zero-order valence-electron chi connectivity index (χ0n) is 15.3. The van der Waals surface area contributed by atoms with E-state index < -0.39 is 5.60 Å². The molecule has 0 aromatic heterocycles. The number of fused-ring (bicyclic) bond motifs is 3. The van der Waals surface area contributed by atoms with Crippen molar-refractivity contribution < 1.29 is 10.2 Å². The van der Waals surface area contributed by atoms with Crippen LogP contribution in [0.25, 0.3) is 0 Å². The van der Waals surface area contributed by atoms with E-state index in [1.165, 1.54) is 32.1 Å². The van der Waals surface area contributed by atoms with Crippen LogP contribution in [0.15, 0.2) is 0 Å². The molecule has 0 aromatic rings. The lowest BCUT2D eigenvalue weighted by Crippen LogP contribution is -2.63. The Morgan fingerprint density at radius 2 is 1.45 bits per heavy atom. The quantitative estimate of drug-likeness (QED) is 0.754. The Bertz CT molecular complexity index is 425. The Kier molecular flexibility index (Phi) is 3.78. The minimum Gasteiger partial charge on any atom is -0.396 e. The van der Waals surface area contributed by atoms with Gasteiger partial charge in [-0.1, -0.05) is 34.1 Å². The largest absolute Gasteiger partial charge is 0.396 e. The summed E-state index contributed by atoms with van der Waals surface area (Å²) in [6.07, 6.45) is 8.45. The minimum absolute atomic E-state index is 0.0292. The lowest BCUT2D eigenvalue weighted by atomic mass is 9.38. The van der Waals surface area contributed by atoms with Crippen molar-refractivity contribution in [3.63, 3.8) is 0 Å². The van der Waals surface area contributed by atoms with E-state index in [9.17, 15) is 10.2 Å². The molecule has 6 atom stereocenters. The van der Waals surface area contributed by atoms with Crippen LogP contribution in [0.3, 0.4) is 0 Å². The van der Waals surface area contributed by atoms with E-state index in [-0.39, 0.29) is 17.9 Å². The molecule has 3 fully saturated rings. The summed E-state index contributed by atoms with van der Waals surface area (Å²) in [5.74, 6) is 1.48. The van der Waals surface area contributed by atoms with E-state index in [4.69, 9.17) is 0 Å². The van der Waals surface area contributed by atoms with Crippen molar-refractivity contribution in [3.8, 4) is 0 Å². The van der Waals surface area contributed by atoms with Crippen molar-refractivity contribution in [2.24, 2.45) is 34.0 Å². The van der Waals surface area contributed by atoms with Gasteiger partial charge in [-0.25, -0.2) is 0 Å². The maximum Gasteiger partial charge on any atom is 0.0675 e. The highest BCUT2D eigenvalue weighted by atomic mass is 16.3. The Morgan fingerprint density at radius 3 is 2.09 bits per heavy atom. The molecule has 0 saturated heterocycles. The molecule has 0 aromatic carbocycles. The molecule has 3 aliphatic rings. The third-order valence-electron chi connectivity index (χ3n) is 8.51. The Morgan fingerprint density at radius 1 is 0.818 bits per heavy atom. The minimum atomic E-state index is -0.701. The SMILES string of the molecule is CC1(C)CCC[C@@]2(C)[C@@H]3CC[C@@](C)(O)[C@H](CO)[C@@]3(C)CC[C@H]12. The standard InChI is InChI=1S/C20H36O2/c1-17(2)9-6-10-18(3)14(17)7-11-19(4)15(18)8-12-20(5,22)16(19)13-21/h14-16,21-22H,6-13H2,1-5H3/t14-,15+,16-,18-,19+,20-/m1/s1. The molecule has 0 radical (unpaired) electrons. The first kappa shape index (κ1) is 16.8. The molecule has 0 aliphatic heterocycles. The monoisotopic (exact) mass is 308 g/mol. The molecule has 0 heterocycles. The smallest absolute Gasteiger partial charge is 0.0675 e. The summed E-state index contributed by atoms with van der Waals surface area (Å²) in [6, 6.07) is 0. The maximum absolute atomic E-state index is 10.9. The van der Waals surface area contributed by atoms with E-state index in [0.29, 0.717) is 16.7 Å². The molecular formula is C20H36O2. The van der Waals surface area contributed by atoms with Gasteiger partial charge >= 0.3 is 0 Å². The van der Waals surface area contributed by atoms with Crippen LogP contribution in [0.4, 0.5) is 0 Å². The van der Waals surface area contributed by atoms with E-state index in [0.717, 1.165) is 18.8 Å². The summed E-state index contributed by atoms with van der Waals surface area (Å²) < 4.78 is 0. The van der Waals surface area contributed by atoms with Crippen LogP contribution in [0.1, 0.15) is 79.6 Å². The summed E-state index contributed by atoms with van der Waals surface area (Å²) >= 11 is 0. The fourth-order valence-electron chi connectivity index (χ4n) is 7.49. The zero-order chi connectivity index (χ0) is 16.4. The topological polar surface area (TPSA) is 40.5 Å². The highest BCUT2D eigenvalue weighted by Gasteiger charge is 2.63. The molecule has 2 heteroatoms. The number of aliphatic hydroxyl groups excluding tert-OH is 1. The maximum atomic E-state index is 10.9. The molecule has 0 bridgehead atoms. The Hall–Kier alpha value is -0.0800. The molecule has 0 amide bonds. The highest BCUT2D eigenvalue weighted by molar-refractivity contribution is 5.12. The summed E-state index contributed by atoms with van der Waals surface area (Å²) in [5, 5.41) is 20.9. The van der Waals surface area contributed by atoms with Crippen molar-refractivity contribution in [2.75, 3.05) is 6.61 Å². The fourth-order valence-corrected chi connectivity index (χ4v) is 7.49. The Labute approximate surface area is 136 Å². The first-order chi connectivity index (χ1) is 10.1. The van der Waals surface area contributed by atoms with Gasteiger partial charge in [0, 0.05) is 12.5 Å². The zero-order valence-corrected chi connectivity index (χ0v) is 15.3. The molecule has 2 N–H and O–H groups in total. The van der Waals surface area contributed by atoms with Gasteiger partial charge in [0.15, 0.2) is 0 Å². The molecule has 0 unspecified atom stereocenters. The van der Waals surface area contributed by atoms with Crippen LogP contribution in [0.5, 0.6) is 0 Å². The van der Waals surface area contributed by atoms with Crippen LogP contribution in [-0.2, 0) is 0 Å². The van der Waals surface area contributed by atoms with E-state index in [1.54, 1.807) is 0 Å². The van der Waals surface area contributed by atoms with Gasteiger partial charge in [-0.3, -0.25) is 0 Å². The molecule has 3 rings (SSSR count). The second kappa shape index (κ2) is 4.96. The van der Waals surface area contributed by atoms with Gasteiger partial charge in [-0.15, -0.1) is 0 Å². The van der Waals surface area contributed by atoms with Gasteiger partial charge in [0.25, 0.3) is 0 Å². The van der Waals surface area contributed by atoms with Gasteiger partial charge in [0.1, 0.15) is 0 Å². The average Bonchev–Trinajstić information content (AvgIpc) is 2.35. The fraction of sp³-hybridized carbons (Fsp3) is 1.00. The normalized spacial score (nSPS) is 54.4. The van der Waals surface area contributed by atoms with E-state index in [2.05, 4.69) is 27.7 Å². The molecule has 2 nitrogen and oxygen atoms in total. The predicted molar refractivity (Wildman–Crippen MR) is 90.5 cm³/mol. The molecule has 0 spiro atoms. The highest BCUT2D eigenvalue weighted by Crippen LogP contribution is 2.69. The second-order valence-electron chi connectivity index (χ2n) is 10.1. The van der Waals surface area contributed by atoms with Crippen molar-refractivity contribution >= 4 is 0 Å². The van der Waals surface area contributed by atoms with Crippen LogP contribution in [-0.4, -0.2) is 22.4 Å². The van der Waals surface area contributed by atoms with Gasteiger partial charge in [0.05, 0.1) is 5.60 Å². The number of hydrogen-bond donors (Lipinski definition) is 2. The molecule has 3 saturated carbocycles. The van der Waals surface area contributed by atoms with Crippen molar-refractivity contribution in [1.82, 2.24) is 0 Å². The van der Waals surface area contributed by atoms with Crippen molar-refractivity contribution in [1.29, 1.82) is 0 Å². The van der Waals surface area contributed by atoms with Crippen LogP contribution in [0, 0.1) is 34.0 Å². The van der Waals surface area contributed by atoms with Crippen LogP contribution in [0.2, 0.25) is 0 Å². The summed E-state index contributed by atoms with van der Waals surface area (Å²) in [7, 11) is 0. The number of hydrogen-bond acceptors (Lipinski definition) is 2. The second-order valence-corrected chi connectivity index (χ2v) is 10.1. The third-order valence-corrected chi connectivity index (χ3v) is 8.51.